The number of nitrogen functional groups attached to an aromatic ring is 1. The van der Waals surface area contributed by atoms with Gasteiger partial charge in [0.1, 0.15) is 6.10 Å². The Kier molecular flexibility index (Phi) is 8.39. The van der Waals surface area contributed by atoms with Crippen LogP contribution in [-0.2, 0) is 16.0 Å². The molecule has 1 atom stereocenters. The van der Waals surface area contributed by atoms with E-state index in [0.29, 0.717) is 63.3 Å². The van der Waals surface area contributed by atoms with E-state index in [4.69, 9.17) is 15.2 Å². The predicted octanol–water partition coefficient (Wildman–Crippen LogP) is 1.52. The number of hydrogen-bond donors (Lipinski definition) is 1. The van der Waals surface area contributed by atoms with Crippen LogP contribution in [0.5, 0.6) is 0 Å². The van der Waals surface area contributed by atoms with Crippen LogP contribution in [0, 0.1) is 0 Å². The maximum Gasteiger partial charge on any atom is 0.319 e. The Morgan fingerprint density at radius 3 is 2.75 bits per heavy atom. The highest BCUT2D eigenvalue weighted by Gasteiger charge is 2.27. The number of likely N-dealkylation sites (tertiary alicyclic amines) is 1. The van der Waals surface area contributed by atoms with Gasteiger partial charge in [0.2, 0.25) is 5.96 Å². The molecule has 12 heteroatoms. The van der Waals surface area contributed by atoms with Gasteiger partial charge >= 0.3 is 12.1 Å². The molecule has 2 fully saturated rings. The number of carbonyl (C=O) groups excluding carboxylic acids is 1. The zero-order chi connectivity index (χ0) is 23.1. The third-order valence-electron chi connectivity index (χ3n) is 5.27. The molecule has 0 unspecified atom stereocenters. The van der Waals surface area contributed by atoms with E-state index in [-0.39, 0.29) is 24.2 Å². The van der Waals surface area contributed by atoms with Crippen molar-refractivity contribution in [1.82, 2.24) is 19.7 Å². The molecule has 2 amide bonds. The van der Waals surface area contributed by atoms with Gasteiger partial charge in [-0.05, 0) is 13.6 Å². The molecule has 3 heterocycles. The molecule has 0 radical (unpaired) electrons. The van der Waals surface area contributed by atoms with Gasteiger partial charge in [0.15, 0.2) is 5.13 Å². The zero-order valence-corrected chi connectivity index (χ0v) is 19.8. The van der Waals surface area contributed by atoms with Gasteiger partial charge in [0.05, 0.1) is 25.8 Å². The Morgan fingerprint density at radius 2 is 2.16 bits per heavy atom. The van der Waals surface area contributed by atoms with Crippen LogP contribution in [0.3, 0.4) is 0 Å². The van der Waals surface area contributed by atoms with E-state index in [1.807, 2.05) is 9.80 Å². The summed E-state index contributed by atoms with van der Waals surface area (Å²) in [5.41, 5.74) is 5.73. The van der Waals surface area contributed by atoms with Crippen molar-refractivity contribution in [2.75, 3.05) is 52.7 Å². The normalized spacial score (nSPS) is 20.9. The largest absolute Gasteiger partial charge is 0.460 e. The van der Waals surface area contributed by atoms with Gasteiger partial charge in [-0.25, -0.2) is 19.8 Å². The molecule has 0 saturated carbocycles. The number of nitrogens with two attached hydrogens (primary N) is 1. The zero-order valence-electron chi connectivity index (χ0n) is 18.9. The van der Waals surface area contributed by atoms with Gasteiger partial charge in [-0.3, -0.25) is 0 Å². The van der Waals surface area contributed by atoms with Gasteiger partial charge in [0.25, 0.3) is 0 Å². The summed E-state index contributed by atoms with van der Waals surface area (Å²) >= 11 is 1.38. The lowest BCUT2D eigenvalue weighted by Crippen LogP contribution is -2.47. The summed E-state index contributed by atoms with van der Waals surface area (Å²) in [6.45, 7) is 9.21. The number of amidine groups is 1. The summed E-state index contributed by atoms with van der Waals surface area (Å²) in [6, 6.07) is 0.379. The molecule has 0 aromatic carbocycles. The number of aliphatic imine (C=N–C) groups is 3. The quantitative estimate of drug-likeness (QED) is 0.535. The SMILES string of the molecule is C=NC(=NC(=NCc1cnc(N)s1)OC1CCN(C(=O)N(C)C)CC1)N1CCOC[C@@H]1C. The Morgan fingerprint density at radius 1 is 1.41 bits per heavy atom. The predicted molar refractivity (Wildman–Crippen MR) is 126 cm³/mol. The van der Waals surface area contributed by atoms with Crippen LogP contribution in [-0.4, -0.2) is 104 Å². The minimum absolute atomic E-state index is 0.0117. The Labute approximate surface area is 192 Å². The number of aromatic nitrogens is 1. The van der Waals surface area contributed by atoms with Crippen molar-refractivity contribution in [2.24, 2.45) is 15.0 Å². The molecule has 2 aliphatic heterocycles. The summed E-state index contributed by atoms with van der Waals surface area (Å²) in [5, 5.41) is 0.495. The van der Waals surface area contributed by atoms with Gasteiger partial charge < -0.3 is 29.9 Å². The molecule has 0 spiro atoms. The number of guanidine groups is 1. The van der Waals surface area contributed by atoms with E-state index < -0.39 is 0 Å². The Bertz CT molecular complexity index is 848. The highest BCUT2D eigenvalue weighted by Crippen LogP contribution is 2.18. The number of nitrogens with zero attached hydrogens (tertiary/aromatic N) is 7. The van der Waals surface area contributed by atoms with Crippen molar-refractivity contribution >= 4 is 41.2 Å². The van der Waals surface area contributed by atoms with Crippen molar-refractivity contribution in [1.29, 1.82) is 0 Å². The number of piperidine rings is 1. The van der Waals surface area contributed by atoms with Gasteiger partial charge in [-0.1, -0.05) is 0 Å². The van der Waals surface area contributed by atoms with E-state index in [9.17, 15) is 4.79 Å². The number of morpholine rings is 1. The number of rotatable bonds is 3. The lowest BCUT2D eigenvalue weighted by Gasteiger charge is -2.34. The minimum Gasteiger partial charge on any atom is -0.460 e. The Hall–Kier alpha value is -2.73. The maximum atomic E-state index is 12.2. The second kappa shape index (κ2) is 11.2. The van der Waals surface area contributed by atoms with Crippen LogP contribution in [0.15, 0.2) is 21.2 Å². The van der Waals surface area contributed by atoms with Crippen LogP contribution in [0.1, 0.15) is 24.6 Å². The first-order valence-corrected chi connectivity index (χ1v) is 11.5. The highest BCUT2D eigenvalue weighted by atomic mass is 32.1. The van der Waals surface area contributed by atoms with Crippen molar-refractivity contribution in [3.05, 3.63) is 11.1 Å². The number of carbonyl (C=O) groups is 1. The number of hydrogen-bond acceptors (Lipinski definition) is 7. The van der Waals surface area contributed by atoms with Gasteiger partial charge in [-0.15, -0.1) is 11.3 Å². The molecule has 32 heavy (non-hydrogen) atoms. The molecule has 2 N–H and O–H groups in total. The van der Waals surface area contributed by atoms with Crippen molar-refractivity contribution in [2.45, 2.75) is 38.5 Å². The fourth-order valence-corrected chi connectivity index (χ4v) is 4.15. The highest BCUT2D eigenvalue weighted by molar-refractivity contribution is 7.15. The monoisotopic (exact) mass is 464 g/mol. The van der Waals surface area contributed by atoms with Crippen molar-refractivity contribution < 1.29 is 14.3 Å². The fourth-order valence-electron chi connectivity index (χ4n) is 3.54. The summed E-state index contributed by atoms with van der Waals surface area (Å²) in [7, 11) is 3.51. The molecular formula is C20H32N8O3S. The van der Waals surface area contributed by atoms with Crippen LogP contribution in [0.2, 0.25) is 0 Å². The molecule has 11 nitrogen and oxygen atoms in total. The minimum atomic E-state index is -0.0941. The molecule has 3 rings (SSSR count). The number of amides is 2. The number of ether oxygens (including phenoxy) is 2. The third kappa shape index (κ3) is 6.39. The first-order valence-electron chi connectivity index (χ1n) is 10.6. The standard InChI is InChI=1S/C20H32N8O3S/c1-14-13-30-10-9-28(14)18(22-2)25-19(24-12-16-11-23-17(21)32-16)31-15-5-7-27(8-6-15)20(29)26(3)4/h11,14-15H,2,5-10,12-13H2,1,3-4H3,(H2,21,23)/t14-/m0/s1. The molecule has 2 saturated heterocycles. The third-order valence-corrected chi connectivity index (χ3v) is 6.08. The van der Waals surface area contributed by atoms with Gasteiger partial charge in [0, 0.05) is 57.6 Å². The molecule has 0 bridgehead atoms. The first kappa shape index (κ1) is 23.9. The molecule has 1 aromatic heterocycles. The Balaban J connectivity index is 1.73. The number of thiazole rings is 1. The van der Waals surface area contributed by atoms with E-state index >= 15 is 0 Å². The van der Waals surface area contributed by atoms with E-state index in [2.05, 4.69) is 33.6 Å². The van der Waals surface area contributed by atoms with E-state index in [1.54, 1.807) is 25.2 Å². The molecular weight excluding hydrogens is 432 g/mol. The number of urea groups is 1. The van der Waals surface area contributed by atoms with Crippen LogP contribution in [0.25, 0.3) is 0 Å². The fraction of sp³-hybridized carbons (Fsp3) is 0.650. The van der Waals surface area contributed by atoms with E-state index in [1.165, 1.54) is 11.3 Å². The smallest absolute Gasteiger partial charge is 0.319 e. The summed E-state index contributed by atoms with van der Waals surface area (Å²) in [5.74, 6) is 0.462. The molecule has 1 aromatic rings. The second-order valence-corrected chi connectivity index (χ2v) is 9.08. The molecule has 2 aliphatic rings. The molecule has 176 valence electrons. The maximum absolute atomic E-state index is 12.2. The second-order valence-electron chi connectivity index (χ2n) is 7.93. The van der Waals surface area contributed by atoms with Crippen LogP contribution < -0.4 is 5.73 Å². The number of anilines is 1. The average Bonchev–Trinajstić information content (AvgIpc) is 3.21. The average molecular weight is 465 g/mol. The summed E-state index contributed by atoms with van der Waals surface area (Å²) in [4.78, 5) is 36.0. The summed E-state index contributed by atoms with van der Waals surface area (Å²) < 4.78 is 11.7. The topological polar surface area (TPSA) is 121 Å². The first-order chi connectivity index (χ1) is 15.4. The van der Waals surface area contributed by atoms with Crippen LogP contribution >= 0.6 is 11.3 Å². The lowest BCUT2D eigenvalue weighted by atomic mass is 10.1. The van der Waals surface area contributed by atoms with Crippen molar-refractivity contribution in [3.63, 3.8) is 0 Å². The van der Waals surface area contributed by atoms with Crippen molar-refractivity contribution in [3.8, 4) is 0 Å². The van der Waals surface area contributed by atoms with Gasteiger partial charge in [-0.2, -0.15) is 4.99 Å². The van der Waals surface area contributed by atoms with Crippen LogP contribution in [0.4, 0.5) is 9.93 Å². The van der Waals surface area contributed by atoms with E-state index in [0.717, 1.165) is 4.88 Å². The molecule has 0 aliphatic carbocycles. The lowest BCUT2D eigenvalue weighted by molar-refractivity contribution is 0.0326. The summed E-state index contributed by atoms with van der Waals surface area (Å²) in [6.07, 6.45) is 3.01.